The van der Waals surface area contributed by atoms with Crippen molar-refractivity contribution in [1.29, 1.82) is 0 Å². The molecule has 4 aromatic rings. The van der Waals surface area contributed by atoms with Crippen LogP contribution in [0, 0.1) is 0 Å². The van der Waals surface area contributed by atoms with Crippen LogP contribution in [0.25, 0.3) is 22.2 Å². The molecule has 2 amide bonds. The number of aryl methyl sites for hydroxylation is 1. The van der Waals surface area contributed by atoms with Crippen LogP contribution in [0.2, 0.25) is 0 Å². The Morgan fingerprint density at radius 3 is 2.56 bits per heavy atom. The molecule has 0 spiro atoms. The SMILES string of the molecule is COc1cccc(NC(=O)Nc2ccc(-c3cc(C4CC4)nc4c3c(N)nn4C)cc2)c1. The van der Waals surface area contributed by atoms with Gasteiger partial charge in [0.05, 0.1) is 12.5 Å². The van der Waals surface area contributed by atoms with Crippen LogP contribution >= 0.6 is 0 Å². The van der Waals surface area contributed by atoms with Crippen molar-refractivity contribution in [2.45, 2.75) is 18.8 Å². The number of hydrogen-bond donors (Lipinski definition) is 3. The predicted octanol–water partition coefficient (Wildman–Crippen LogP) is 4.75. The van der Waals surface area contributed by atoms with Crippen molar-refractivity contribution in [1.82, 2.24) is 14.8 Å². The Morgan fingerprint density at radius 2 is 1.84 bits per heavy atom. The summed E-state index contributed by atoms with van der Waals surface area (Å²) in [4.78, 5) is 17.2. The Bertz CT molecular complexity index is 1310. The average Bonchev–Trinajstić information content (AvgIpc) is 3.60. The van der Waals surface area contributed by atoms with Gasteiger partial charge in [0.1, 0.15) is 5.75 Å². The van der Waals surface area contributed by atoms with Crippen LogP contribution in [0.3, 0.4) is 0 Å². The number of urea groups is 1. The number of amides is 2. The molecule has 0 unspecified atom stereocenters. The van der Waals surface area contributed by atoms with Crippen LogP contribution in [0.1, 0.15) is 24.5 Å². The summed E-state index contributed by atoms with van der Waals surface area (Å²) in [5, 5.41) is 10.9. The number of nitrogens with two attached hydrogens (primary N) is 1. The minimum atomic E-state index is -0.329. The van der Waals surface area contributed by atoms with Gasteiger partial charge in [-0.25, -0.2) is 14.5 Å². The predicted molar refractivity (Wildman–Crippen MR) is 126 cm³/mol. The standard InChI is InChI=1S/C24H24N6O2/c1-30-23-21(22(25)29-30)19(13-20(28-23)15-6-7-15)14-8-10-16(11-9-14)26-24(31)27-17-4-3-5-18(12-17)32-2/h3-5,8-13,15H,6-7H2,1-2H3,(H2,25,29)(H2,26,27,31). The highest BCUT2D eigenvalue weighted by Gasteiger charge is 2.27. The number of carbonyl (C=O) groups excluding carboxylic acids is 1. The van der Waals surface area contributed by atoms with Gasteiger partial charge in [0, 0.05) is 36.1 Å². The van der Waals surface area contributed by atoms with Gasteiger partial charge in [-0.15, -0.1) is 0 Å². The highest BCUT2D eigenvalue weighted by molar-refractivity contribution is 6.02. The second-order valence-electron chi connectivity index (χ2n) is 7.96. The number of aromatic nitrogens is 3. The maximum atomic E-state index is 12.4. The number of anilines is 3. The molecule has 1 aliphatic carbocycles. The molecule has 0 radical (unpaired) electrons. The monoisotopic (exact) mass is 428 g/mol. The first-order valence-electron chi connectivity index (χ1n) is 10.5. The summed E-state index contributed by atoms with van der Waals surface area (Å²) in [6, 6.07) is 16.7. The van der Waals surface area contributed by atoms with Gasteiger partial charge < -0.3 is 21.1 Å². The molecule has 0 aliphatic heterocycles. The van der Waals surface area contributed by atoms with E-state index < -0.39 is 0 Å². The summed E-state index contributed by atoms with van der Waals surface area (Å²) in [7, 11) is 3.45. The van der Waals surface area contributed by atoms with Crippen LogP contribution in [0.15, 0.2) is 54.6 Å². The molecule has 0 saturated heterocycles. The molecule has 2 aromatic carbocycles. The number of fused-ring (bicyclic) bond motifs is 1. The first-order chi connectivity index (χ1) is 15.5. The van der Waals surface area contributed by atoms with E-state index in [4.69, 9.17) is 15.5 Å². The first-order valence-corrected chi connectivity index (χ1v) is 10.5. The van der Waals surface area contributed by atoms with Gasteiger partial charge in [-0.05, 0) is 54.3 Å². The number of nitrogen functional groups attached to an aromatic ring is 1. The summed E-state index contributed by atoms with van der Waals surface area (Å²) < 4.78 is 6.92. The number of carbonyl (C=O) groups is 1. The highest BCUT2D eigenvalue weighted by Crippen LogP contribution is 2.42. The number of benzene rings is 2. The molecule has 1 saturated carbocycles. The Kier molecular flexibility index (Phi) is 4.89. The molecule has 8 nitrogen and oxygen atoms in total. The molecule has 162 valence electrons. The lowest BCUT2D eigenvalue weighted by atomic mass is 10.0. The summed E-state index contributed by atoms with van der Waals surface area (Å²) in [6.45, 7) is 0. The van der Waals surface area contributed by atoms with Gasteiger partial charge in [-0.1, -0.05) is 18.2 Å². The van der Waals surface area contributed by atoms with E-state index in [9.17, 15) is 4.79 Å². The lowest BCUT2D eigenvalue weighted by Crippen LogP contribution is -2.19. The highest BCUT2D eigenvalue weighted by atomic mass is 16.5. The minimum absolute atomic E-state index is 0.329. The Balaban J connectivity index is 1.39. The molecule has 0 bridgehead atoms. The Labute approximate surface area is 185 Å². The van der Waals surface area contributed by atoms with Crippen LogP contribution in [-0.2, 0) is 7.05 Å². The summed E-state index contributed by atoms with van der Waals surface area (Å²) in [5.41, 5.74) is 11.4. The fraction of sp³-hybridized carbons (Fsp3) is 0.208. The zero-order valence-electron chi connectivity index (χ0n) is 17.9. The van der Waals surface area contributed by atoms with E-state index in [1.54, 1.807) is 23.9 Å². The normalized spacial score (nSPS) is 13.2. The van der Waals surface area contributed by atoms with E-state index in [1.807, 2.05) is 43.4 Å². The largest absolute Gasteiger partial charge is 0.497 e. The van der Waals surface area contributed by atoms with Crippen LogP contribution in [0.5, 0.6) is 5.75 Å². The number of ether oxygens (including phenoxy) is 1. The van der Waals surface area contributed by atoms with Gasteiger partial charge in [0.25, 0.3) is 0 Å². The third-order valence-corrected chi connectivity index (χ3v) is 5.62. The van der Waals surface area contributed by atoms with Crippen LogP contribution in [-0.4, -0.2) is 27.9 Å². The maximum absolute atomic E-state index is 12.4. The zero-order valence-corrected chi connectivity index (χ0v) is 17.9. The van der Waals surface area contributed by atoms with E-state index >= 15 is 0 Å². The van der Waals surface area contributed by atoms with Crippen molar-refractivity contribution >= 4 is 34.3 Å². The van der Waals surface area contributed by atoms with Crippen molar-refractivity contribution in [3.63, 3.8) is 0 Å². The third-order valence-electron chi connectivity index (χ3n) is 5.62. The smallest absolute Gasteiger partial charge is 0.323 e. The maximum Gasteiger partial charge on any atom is 0.323 e. The summed E-state index contributed by atoms with van der Waals surface area (Å²) in [6.07, 6.45) is 2.33. The van der Waals surface area contributed by atoms with E-state index in [0.717, 1.165) is 40.7 Å². The fourth-order valence-corrected chi connectivity index (χ4v) is 3.84. The number of nitrogens with zero attached hydrogens (tertiary/aromatic N) is 3. The molecular formula is C24H24N6O2. The Hall–Kier alpha value is -4.07. The number of methoxy groups -OCH3 is 1. The Morgan fingerprint density at radius 1 is 1.09 bits per heavy atom. The van der Waals surface area contributed by atoms with E-state index in [-0.39, 0.29) is 6.03 Å². The van der Waals surface area contributed by atoms with Gasteiger partial charge >= 0.3 is 6.03 Å². The van der Waals surface area contributed by atoms with Gasteiger partial charge in [0.2, 0.25) is 0 Å². The fourth-order valence-electron chi connectivity index (χ4n) is 3.84. The molecule has 2 heterocycles. The molecule has 2 aromatic heterocycles. The zero-order chi connectivity index (χ0) is 22.2. The number of hydrogen-bond acceptors (Lipinski definition) is 5. The van der Waals surface area contributed by atoms with Crippen molar-refractivity contribution < 1.29 is 9.53 Å². The van der Waals surface area contributed by atoms with Gasteiger partial charge in [-0.3, -0.25) is 0 Å². The number of nitrogens with one attached hydrogen (secondary N) is 2. The summed E-state index contributed by atoms with van der Waals surface area (Å²) >= 11 is 0. The second-order valence-corrected chi connectivity index (χ2v) is 7.96. The van der Waals surface area contributed by atoms with Gasteiger partial charge in [0.15, 0.2) is 11.5 Å². The molecule has 32 heavy (non-hydrogen) atoms. The van der Waals surface area contributed by atoms with E-state index in [0.29, 0.717) is 28.9 Å². The molecule has 5 rings (SSSR count). The first kappa shape index (κ1) is 19.9. The van der Waals surface area contributed by atoms with Crippen LogP contribution < -0.4 is 21.1 Å². The molecule has 0 atom stereocenters. The van der Waals surface area contributed by atoms with Crippen molar-refractivity contribution in [3.8, 4) is 16.9 Å². The summed E-state index contributed by atoms with van der Waals surface area (Å²) in [5.74, 6) is 1.65. The lowest BCUT2D eigenvalue weighted by Gasteiger charge is -2.11. The van der Waals surface area contributed by atoms with Crippen molar-refractivity contribution in [2.75, 3.05) is 23.5 Å². The lowest BCUT2D eigenvalue weighted by molar-refractivity contribution is 0.262. The molecule has 1 fully saturated rings. The van der Waals surface area contributed by atoms with Crippen molar-refractivity contribution in [2.24, 2.45) is 7.05 Å². The van der Waals surface area contributed by atoms with E-state index in [2.05, 4.69) is 21.8 Å². The quantitative estimate of drug-likeness (QED) is 0.425. The topological polar surface area (TPSA) is 107 Å². The molecule has 8 heteroatoms. The van der Waals surface area contributed by atoms with Crippen molar-refractivity contribution in [3.05, 3.63) is 60.3 Å². The molecule has 1 aliphatic rings. The minimum Gasteiger partial charge on any atom is -0.497 e. The molecule has 4 N–H and O–H groups in total. The second kappa shape index (κ2) is 7.88. The van der Waals surface area contributed by atoms with Gasteiger partial charge in [-0.2, -0.15) is 5.10 Å². The number of pyridine rings is 1. The average molecular weight is 428 g/mol. The van der Waals surface area contributed by atoms with E-state index in [1.165, 1.54) is 0 Å². The molecular weight excluding hydrogens is 404 g/mol. The third kappa shape index (κ3) is 3.82. The number of rotatable bonds is 5. The van der Waals surface area contributed by atoms with Crippen LogP contribution in [0.4, 0.5) is 22.0 Å².